The predicted molar refractivity (Wildman–Crippen MR) is 73.7 cm³/mol. The highest BCUT2D eigenvalue weighted by molar-refractivity contribution is 5.92. The van der Waals surface area contributed by atoms with E-state index in [1.165, 1.54) is 0 Å². The topological polar surface area (TPSA) is 86.7 Å². The lowest BCUT2D eigenvalue weighted by Gasteiger charge is -2.31. The first-order chi connectivity index (χ1) is 10.1. The van der Waals surface area contributed by atoms with Crippen LogP contribution in [-0.2, 0) is 22.6 Å². The molecule has 0 radical (unpaired) electrons. The highest BCUT2D eigenvalue weighted by Crippen LogP contribution is 2.24. The van der Waals surface area contributed by atoms with E-state index in [-0.39, 0.29) is 11.8 Å². The van der Waals surface area contributed by atoms with Gasteiger partial charge in [0.15, 0.2) is 0 Å². The van der Waals surface area contributed by atoms with Crippen LogP contribution in [0.1, 0.15) is 34.3 Å². The summed E-state index contributed by atoms with van der Waals surface area (Å²) < 4.78 is 0. The van der Waals surface area contributed by atoms with Gasteiger partial charge in [-0.05, 0) is 30.0 Å². The molecule has 0 saturated carbocycles. The molecule has 2 amide bonds. The van der Waals surface area contributed by atoms with Crippen molar-refractivity contribution in [2.45, 2.75) is 31.8 Å². The van der Waals surface area contributed by atoms with E-state index in [9.17, 15) is 19.5 Å². The molecule has 1 fully saturated rings. The fourth-order valence-electron chi connectivity index (χ4n) is 3.02. The summed E-state index contributed by atoms with van der Waals surface area (Å²) >= 11 is 0. The lowest BCUT2D eigenvalue weighted by atomic mass is 9.94. The Morgan fingerprint density at radius 2 is 2.10 bits per heavy atom. The van der Waals surface area contributed by atoms with Crippen LogP contribution in [0.3, 0.4) is 0 Å². The molecule has 6 nitrogen and oxygen atoms in total. The van der Waals surface area contributed by atoms with Crippen molar-refractivity contribution < 1.29 is 19.5 Å². The molecule has 0 spiro atoms. The lowest BCUT2D eigenvalue weighted by Crippen LogP contribution is -2.46. The molecular formula is C15H16N2O4. The molecule has 1 saturated heterocycles. The number of nitrogens with zero attached hydrogens (tertiary/aromatic N) is 1. The number of nitrogens with one attached hydrogen (secondary N) is 1. The number of hydrogen-bond donors (Lipinski definition) is 2. The molecule has 2 aliphatic rings. The first-order valence-electron chi connectivity index (χ1n) is 6.98. The van der Waals surface area contributed by atoms with Gasteiger partial charge in [0.1, 0.15) is 6.04 Å². The third kappa shape index (κ3) is 2.49. The van der Waals surface area contributed by atoms with Crippen molar-refractivity contribution in [1.82, 2.24) is 10.2 Å². The van der Waals surface area contributed by atoms with Crippen molar-refractivity contribution in [1.29, 1.82) is 0 Å². The van der Waals surface area contributed by atoms with Crippen LogP contribution >= 0.6 is 0 Å². The Labute approximate surface area is 121 Å². The first-order valence-corrected chi connectivity index (χ1v) is 6.98. The van der Waals surface area contributed by atoms with Gasteiger partial charge in [0.25, 0.3) is 0 Å². The van der Waals surface area contributed by atoms with Crippen molar-refractivity contribution in [2.75, 3.05) is 6.54 Å². The molecule has 0 aromatic heterocycles. The molecule has 1 aromatic rings. The number of carbonyl (C=O) groups excluding carboxylic acids is 2. The molecule has 3 rings (SSSR count). The van der Waals surface area contributed by atoms with Crippen LogP contribution in [0.2, 0.25) is 0 Å². The Morgan fingerprint density at radius 3 is 2.76 bits per heavy atom. The summed E-state index contributed by atoms with van der Waals surface area (Å²) in [5.41, 5.74) is 2.00. The van der Waals surface area contributed by atoms with Crippen LogP contribution in [0, 0.1) is 0 Å². The van der Waals surface area contributed by atoms with Crippen LogP contribution in [0.4, 0.5) is 0 Å². The second-order valence-corrected chi connectivity index (χ2v) is 5.42. The number of rotatable bonds is 2. The van der Waals surface area contributed by atoms with Crippen molar-refractivity contribution in [2.24, 2.45) is 0 Å². The number of amides is 2. The van der Waals surface area contributed by atoms with Gasteiger partial charge in [0.05, 0.1) is 5.56 Å². The number of hydrogen-bond acceptors (Lipinski definition) is 3. The minimum Gasteiger partial charge on any atom is -0.478 e. The van der Waals surface area contributed by atoms with E-state index in [0.717, 1.165) is 11.1 Å². The first kappa shape index (κ1) is 13.6. The molecule has 2 heterocycles. The number of fused-ring (bicyclic) bond motifs is 1. The molecule has 1 atom stereocenters. The van der Waals surface area contributed by atoms with Crippen molar-refractivity contribution in [3.8, 4) is 0 Å². The normalized spacial score (nSPS) is 20.9. The Morgan fingerprint density at radius 1 is 1.29 bits per heavy atom. The van der Waals surface area contributed by atoms with Crippen LogP contribution < -0.4 is 5.32 Å². The third-order valence-electron chi connectivity index (χ3n) is 4.10. The summed E-state index contributed by atoms with van der Waals surface area (Å²) in [4.78, 5) is 36.5. The fourth-order valence-corrected chi connectivity index (χ4v) is 3.02. The standard InChI is InChI=1S/C15H16N2O4/c18-13-5-4-12(16-13)14(19)17-7-6-10-9(8-17)2-1-3-11(10)15(20)21/h1-3,12H,4-8H2,(H,16,18)(H,20,21). The van der Waals surface area contributed by atoms with Crippen molar-refractivity contribution in [3.05, 3.63) is 34.9 Å². The minimum atomic E-state index is -0.935. The molecule has 0 bridgehead atoms. The summed E-state index contributed by atoms with van der Waals surface area (Å²) in [5, 5.41) is 11.9. The predicted octanol–water partition coefficient (Wildman–Crippen LogP) is 0.548. The molecule has 1 aromatic carbocycles. The van der Waals surface area contributed by atoms with Crippen molar-refractivity contribution >= 4 is 17.8 Å². The maximum atomic E-state index is 12.4. The quantitative estimate of drug-likeness (QED) is 0.832. The minimum absolute atomic E-state index is 0.0766. The van der Waals surface area contributed by atoms with E-state index >= 15 is 0 Å². The molecule has 0 aliphatic carbocycles. The highest BCUT2D eigenvalue weighted by Gasteiger charge is 2.32. The molecule has 110 valence electrons. The Hall–Kier alpha value is -2.37. The average molecular weight is 288 g/mol. The summed E-state index contributed by atoms with van der Waals surface area (Å²) in [6.45, 7) is 0.893. The largest absolute Gasteiger partial charge is 0.478 e. The average Bonchev–Trinajstić information content (AvgIpc) is 2.91. The lowest BCUT2D eigenvalue weighted by molar-refractivity contribution is -0.135. The fraction of sp³-hybridized carbons (Fsp3) is 0.400. The Kier molecular flexibility index (Phi) is 3.37. The smallest absolute Gasteiger partial charge is 0.335 e. The van der Waals surface area contributed by atoms with Crippen LogP contribution in [0.25, 0.3) is 0 Å². The number of benzene rings is 1. The van der Waals surface area contributed by atoms with Crippen molar-refractivity contribution in [3.63, 3.8) is 0 Å². The number of aromatic carboxylic acids is 1. The number of carboxylic acids is 1. The van der Waals surface area contributed by atoms with Crippen LogP contribution in [0.15, 0.2) is 18.2 Å². The van der Waals surface area contributed by atoms with Gasteiger partial charge in [0.2, 0.25) is 11.8 Å². The molecule has 2 N–H and O–H groups in total. The zero-order valence-electron chi connectivity index (χ0n) is 11.5. The van der Waals surface area contributed by atoms with E-state index in [0.29, 0.717) is 37.9 Å². The van der Waals surface area contributed by atoms with E-state index in [1.54, 1.807) is 17.0 Å². The van der Waals surface area contributed by atoms with Crippen LogP contribution in [-0.4, -0.2) is 40.4 Å². The van der Waals surface area contributed by atoms with Gasteiger partial charge < -0.3 is 15.3 Å². The molecule has 2 aliphatic heterocycles. The van der Waals surface area contributed by atoms with E-state index < -0.39 is 12.0 Å². The number of carboxylic acid groups (broad SMARTS) is 1. The summed E-state index contributed by atoms with van der Waals surface area (Å²) in [5.74, 6) is -1.10. The van der Waals surface area contributed by atoms with Gasteiger partial charge in [0, 0.05) is 19.5 Å². The van der Waals surface area contributed by atoms with E-state index in [4.69, 9.17) is 0 Å². The van der Waals surface area contributed by atoms with Gasteiger partial charge in [-0.15, -0.1) is 0 Å². The van der Waals surface area contributed by atoms with Gasteiger partial charge in [-0.2, -0.15) is 0 Å². The maximum Gasteiger partial charge on any atom is 0.335 e. The number of carbonyl (C=O) groups is 3. The monoisotopic (exact) mass is 288 g/mol. The SMILES string of the molecule is O=C1CCC(C(=O)N2CCc3c(cccc3C(=O)O)C2)N1. The van der Waals surface area contributed by atoms with Gasteiger partial charge in [-0.3, -0.25) is 9.59 Å². The third-order valence-corrected chi connectivity index (χ3v) is 4.10. The Bertz CT molecular complexity index is 626. The van der Waals surface area contributed by atoms with Crippen LogP contribution in [0.5, 0.6) is 0 Å². The van der Waals surface area contributed by atoms with Gasteiger partial charge >= 0.3 is 5.97 Å². The maximum absolute atomic E-state index is 12.4. The molecular weight excluding hydrogens is 272 g/mol. The molecule has 1 unspecified atom stereocenters. The zero-order valence-corrected chi connectivity index (χ0v) is 11.5. The highest BCUT2D eigenvalue weighted by atomic mass is 16.4. The summed E-state index contributed by atoms with van der Waals surface area (Å²) in [6, 6.07) is 4.72. The van der Waals surface area contributed by atoms with E-state index in [2.05, 4.69) is 5.32 Å². The van der Waals surface area contributed by atoms with E-state index in [1.807, 2.05) is 6.07 Å². The summed E-state index contributed by atoms with van der Waals surface area (Å²) in [6.07, 6.45) is 1.46. The zero-order chi connectivity index (χ0) is 15.0. The van der Waals surface area contributed by atoms with Gasteiger partial charge in [-0.1, -0.05) is 12.1 Å². The summed E-state index contributed by atoms with van der Waals surface area (Å²) in [7, 11) is 0. The second kappa shape index (κ2) is 5.20. The molecule has 21 heavy (non-hydrogen) atoms. The van der Waals surface area contributed by atoms with Gasteiger partial charge in [-0.25, -0.2) is 4.79 Å². The molecule has 6 heteroatoms. The Balaban J connectivity index is 1.79. The second-order valence-electron chi connectivity index (χ2n) is 5.42.